The number of ether oxygens (including phenoxy) is 1. The number of rotatable bonds is 0. The van der Waals surface area contributed by atoms with Crippen molar-refractivity contribution >= 4 is 5.78 Å². The van der Waals surface area contributed by atoms with E-state index in [0.717, 1.165) is 25.2 Å². The Morgan fingerprint density at radius 2 is 2.10 bits per heavy atom. The van der Waals surface area contributed by atoms with E-state index in [-0.39, 0.29) is 29.5 Å². The summed E-state index contributed by atoms with van der Waals surface area (Å²) in [7, 11) is 0. The summed E-state index contributed by atoms with van der Waals surface area (Å²) in [6.45, 7) is 2.32. The SMILES string of the molecule is C[C@]12CC[C@H]3[C@@H](CCC4=CC(=O)C5OC5[C@@H]43)[C@@H]1CCC2O. The maximum absolute atomic E-state index is 11.9. The Morgan fingerprint density at radius 1 is 1.24 bits per heavy atom. The van der Waals surface area contributed by atoms with Crippen LogP contribution in [0.25, 0.3) is 0 Å². The van der Waals surface area contributed by atoms with Gasteiger partial charge in [-0.15, -0.1) is 0 Å². The fourth-order valence-corrected chi connectivity index (χ4v) is 6.44. The van der Waals surface area contributed by atoms with E-state index < -0.39 is 0 Å². The van der Waals surface area contributed by atoms with Gasteiger partial charge in [0.25, 0.3) is 0 Å². The Balaban J connectivity index is 1.49. The van der Waals surface area contributed by atoms with Crippen LogP contribution < -0.4 is 0 Å². The highest BCUT2D eigenvalue weighted by molar-refractivity contribution is 5.97. The lowest BCUT2D eigenvalue weighted by Gasteiger charge is -2.52. The molecule has 1 saturated heterocycles. The van der Waals surface area contributed by atoms with E-state index in [1.807, 2.05) is 6.08 Å². The average Bonchev–Trinajstić information content (AvgIpc) is 3.21. The summed E-state index contributed by atoms with van der Waals surface area (Å²) in [5, 5.41) is 10.4. The largest absolute Gasteiger partial charge is 0.393 e. The van der Waals surface area contributed by atoms with Gasteiger partial charge in [-0.3, -0.25) is 4.79 Å². The minimum Gasteiger partial charge on any atom is -0.393 e. The molecule has 0 aromatic heterocycles. The third-order valence-electron chi connectivity index (χ3n) is 7.59. The number of carbonyl (C=O) groups excluding carboxylic acids is 1. The first-order valence-corrected chi connectivity index (χ1v) is 8.67. The Hall–Kier alpha value is -0.670. The number of hydrogen-bond acceptors (Lipinski definition) is 3. The molecule has 3 nitrogen and oxygen atoms in total. The predicted molar refractivity (Wildman–Crippen MR) is 77.5 cm³/mol. The van der Waals surface area contributed by atoms with Gasteiger partial charge in [0.2, 0.25) is 0 Å². The molecule has 0 spiro atoms. The molecule has 1 heterocycles. The molecule has 3 saturated carbocycles. The summed E-state index contributed by atoms with van der Waals surface area (Å²) in [6, 6.07) is 0. The van der Waals surface area contributed by atoms with Crippen LogP contribution in [0.5, 0.6) is 0 Å². The molecule has 3 unspecified atom stereocenters. The minimum absolute atomic E-state index is 0.0988. The Morgan fingerprint density at radius 3 is 2.95 bits per heavy atom. The molecular formula is C18H24O3. The van der Waals surface area contributed by atoms with Crippen molar-refractivity contribution in [1.82, 2.24) is 0 Å². The molecule has 4 aliphatic carbocycles. The molecule has 5 aliphatic rings. The van der Waals surface area contributed by atoms with E-state index in [2.05, 4.69) is 6.92 Å². The zero-order valence-corrected chi connectivity index (χ0v) is 12.6. The smallest absolute Gasteiger partial charge is 0.187 e. The maximum Gasteiger partial charge on any atom is 0.187 e. The zero-order valence-electron chi connectivity index (χ0n) is 12.6. The van der Waals surface area contributed by atoms with Crippen LogP contribution >= 0.6 is 0 Å². The van der Waals surface area contributed by atoms with Crippen LogP contribution in [0.3, 0.4) is 0 Å². The van der Waals surface area contributed by atoms with Gasteiger partial charge in [0, 0.05) is 5.92 Å². The van der Waals surface area contributed by atoms with E-state index in [1.165, 1.54) is 24.8 Å². The molecule has 0 amide bonds. The van der Waals surface area contributed by atoms with Gasteiger partial charge in [0.15, 0.2) is 5.78 Å². The van der Waals surface area contributed by atoms with E-state index in [0.29, 0.717) is 17.8 Å². The first-order valence-electron chi connectivity index (χ1n) is 8.67. The number of fused-ring (bicyclic) bond motifs is 7. The van der Waals surface area contributed by atoms with Crippen molar-refractivity contribution in [3.8, 4) is 0 Å². The highest BCUT2D eigenvalue weighted by atomic mass is 16.6. The number of epoxide rings is 1. The summed E-state index contributed by atoms with van der Waals surface area (Å²) in [4.78, 5) is 11.9. The average molecular weight is 288 g/mol. The Bertz CT molecular complexity index is 539. The molecule has 0 radical (unpaired) electrons. The second-order valence-corrected chi connectivity index (χ2v) is 8.28. The second kappa shape index (κ2) is 3.99. The van der Waals surface area contributed by atoms with Crippen molar-refractivity contribution in [3.05, 3.63) is 11.6 Å². The summed E-state index contributed by atoms with van der Waals surface area (Å²) >= 11 is 0. The van der Waals surface area contributed by atoms with Crippen molar-refractivity contribution in [2.45, 2.75) is 63.8 Å². The fraction of sp³-hybridized carbons (Fsp3) is 0.833. The molecule has 5 rings (SSSR count). The lowest BCUT2D eigenvalue weighted by atomic mass is 9.52. The Labute approximate surface area is 125 Å². The number of ketones is 1. The quantitative estimate of drug-likeness (QED) is 0.697. The third-order valence-corrected chi connectivity index (χ3v) is 7.59. The van der Waals surface area contributed by atoms with E-state index >= 15 is 0 Å². The molecule has 1 N–H and O–H groups in total. The van der Waals surface area contributed by atoms with Gasteiger partial charge in [-0.25, -0.2) is 0 Å². The number of hydrogen-bond donors (Lipinski definition) is 1. The predicted octanol–water partition coefficient (Wildman–Crippen LogP) is 2.48. The molecule has 3 heteroatoms. The normalized spacial score (nSPS) is 57.7. The van der Waals surface area contributed by atoms with Crippen molar-refractivity contribution in [2.24, 2.45) is 29.1 Å². The van der Waals surface area contributed by atoms with Crippen LogP contribution in [-0.4, -0.2) is 29.2 Å². The molecule has 8 atom stereocenters. The van der Waals surface area contributed by atoms with Gasteiger partial charge in [-0.05, 0) is 67.8 Å². The zero-order chi connectivity index (χ0) is 14.4. The molecule has 1 aliphatic heterocycles. The third kappa shape index (κ3) is 1.54. The van der Waals surface area contributed by atoms with Crippen molar-refractivity contribution in [2.75, 3.05) is 0 Å². The van der Waals surface area contributed by atoms with Gasteiger partial charge >= 0.3 is 0 Å². The van der Waals surface area contributed by atoms with Crippen LogP contribution in [0.15, 0.2) is 11.6 Å². The highest BCUT2D eigenvalue weighted by Crippen LogP contribution is 2.63. The number of aliphatic hydroxyl groups is 1. The van der Waals surface area contributed by atoms with Gasteiger partial charge in [-0.2, -0.15) is 0 Å². The first kappa shape index (κ1) is 12.8. The molecule has 0 aromatic rings. The standard InChI is InChI=1S/C18H24O3/c1-18-7-6-11-10(12(18)4-5-14(18)20)3-2-9-8-13(19)16-17(21-16)15(9)11/h8,10-12,14-17,20H,2-7H2,1H3/t10-,11+,12+,14?,15+,16?,17?,18+/m1/s1. The monoisotopic (exact) mass is 288 g/mol. The minimum atomic E-state index is -0.111. The molecule has 114 valence electrons. The number of carbonyl (C=O) groups is 1. The van der Waals surface area contributed by atoms with Crippen LogP contribution in [0.4, 0.5) is 0 Å². The molecule has 4 fully saturated rings. The van der Waals surface area contributed by atoms with E-state index in [4.69, 9.17) is 4.74 Å². The summed E-state index contributed by atoms with van der Waals surface area (Å²) < 4.78 is 5.72. The van der Waals surface area contributed by atoms with Gasteiger partial charge in [0.05, 0.1) is 12.2 Å². The first-order chi connectivity index (χ1) is 10.1. The molecule has 21 heavy (non-hydrogen) atoms. The van der Waals surface area contributed by atoms with Crippen LogP contribution in [-0.2, 0) is 9.53 Å². The number of aliphatic hydroxyl groups excluding tert-OH is 1. The van der Waals surface area contributed by atoms with Crippen LogP contribution in [0.1, 0.15) is 45.4 Å². The van der Waals surface area contributed by atoms with Gasteiger partial charge < -0.3 is 9.84 Å². The van der Waals surface area contributed by atoms with Gasteiger partial charge in [-0.1, -0.05) is 12.5 Å². The molecule has 0 aromatic carbocycles. The molecular weight excluding hydrogens is 264 g/mol. The Kier molecular flexibility index (Phi) is 2.44. The second-order valence-electron chi connectivity index (χ2n) is 8.28. The summed E-state index contributed by atoms with van der Waals surface area (Å²) in [6.07, 6.45) is 8.72. The fourth-order valence-electron chi connectivity index (χ4n) is 6.44. The van der Waals surface area contributed by atoms with Crippen molar-refractivity contribution in [1.29, 1.82) is 0 Å². The van der Waals surface area contributed by atoms with E-state index in [9.17, 15) is 9.90 Å². The van der Waals surface area contributed by atoms with Crippen LogP contribution in [0.2, 0.25) is 0 Å². The maximum atomic E-state index is 11.9. The van der Waals surface area contributed by atoms with Crippen molar-refractivity contribution in [3.63, 3.8) is 0 Å². The van der Waals surface area contributed by atoms with Gasteiger partial charge in [0.1, 0.15) is 6.10 Å². The lowest BCUT2D eigenvalue weighted by molar-refractivity contribution is -0.116. The molecule has 0 bridgehead atoms. The van der Waals surface area contributed by atoms with Crippen molar-refractivity contribution < 1.29 is 14.6 Å². The highest BCUT2D eigenvalue weighted by Gasteiger charge is 2.62. The topological polar surface area (TPSA) is 49.8 Å². The summed E-state index contributed by atoms with van der Waals surface area (Å²) in [5.74, 6) is 2.83. The van der Waals surface area contributed by atoms with E-state index in [1.54, 1.807) is 0 Å². The lowest BCUT2D eigenvalue weighted by Crippen LogP contribution is -2.49. The summed E-state index contributed by atoms with van der Waals surface area (Å²) in [5.41, 5.74) is 1.53. The van der Waals surface area contributed by atoms with Crippen LogP contribution in [0, 0.1) is 29.1 Å².